The van der Waals surface area contributed by atoms with E-state index in [1.165, 1.54) is 33.6 Å². The fourth-order valence-electron chi connectivity index (χ4n) is 6.48. The second-order valence-corrected chi connectivity index (χ2v) is 13.5. The Labute approximate surface area is 279 Å². The number of hydrogen-bond donors (Lipinski definition) is 0. The summed E-state index contributed by atoms with van der Waals surface area (Å²) in [6.07, 6.45) is 4.28. The molecule has 6 aromatic rings. The molecule has 240 valence electrons. The first-order chi connectivity index (χ1) is 22.6. The average molecular weight is 623 g/mol. The van der Waals surface area contributed by atoms with E-state index < -0.39 is 0 Å². The van der Waals surface area contributed by atoms with Crippen LogP contribution in [0.2, 0.25) is 0 Å². The number of pyridine rings is 2. The van der Waals surface area contributed by atoms with Crippen LogP contribution in [0.15, 0.2) is 109 Å². The van der Waals surface area contributed by atoms with Crippen LogP contribution < -0.4 is 4.74 Å². The maximum Gasteiger partial charge on any atom is 0.221 e. The highest BCUT2D eigenvalue weighted by molar-refractivity contribution is 5.65. The number of aromatic nitrogens is 4. The molecule has 4 aromatic heterocycles. The van der Waals surface area contributed by atoms with Crippen molar-refractivity contribution < 1.29 is 4.74 Å². The summed E-state index contributed by atoms with van der Waals surface area (Å²) in [5.41, 5.74) is 11.5. The zero-order valence-corrected chi connectivity index (χ0v) is 28.9. The standard InChI is InChI=1S/C42H46N4O/c1-27(2)31-15-9-16-32(28(3)4)41(31)45-25-13-21-37(45)35-19-11-23-39(43-35)47-40-24-12-20-36(44-40)38-22-14-26-46(38)42-33(29(5)6)17-10-18-34(42)30(7)8/h9-30H,1-8H3. The van der Waals surface area contributed by atoms with E-state index in [1.54, 1.807) is 0 Å². The minimum atomic E-state index is 0.386. The van der Waals surface area contributed by atoms with Crippen molar-refractivity contribution >= 4 is 0 Å². The lowest BCUT2D eigenvalue weighted by Crippen LogP contribution is -2.08. The molecule has 0 aliphatic carbocycles. The summed E-state index contributed by atoms with van der Waals surface area (Å²) >= 11 is 0. The molecule has 0 saturated carbocycles. The number of para-hydroxylation sites is 2. The lowest BCUT2D eigenvalue weighted by molar-refractivity contribution is 0.446. The molecule has 0 atom stereocenters. The first kappa shape index (κ1) is 32.1. The van der Waals surface area contributed by atoms with Gasteiger partial charge in [0.25, 0.3) is 0 Å². The molecule has 5 nitrogen and oxygen atoms in total. The SMILES string of the molecule is CC(C)c1cccc(C(C)C)c1-n1cccc1-c1cccc(Oc2cccc(-c3cccn3-c3c(C(C)C)cccc3C(C)C)n2)n1. The molecule has 0 amide bonds. The Bertz CT molecular complexity index is 1800. The zero-order valence-electron chi connectivity index (χ0n) is 28.9. The molecule has 0 N–H and O–H groups in total. The highest BCUT2D eigenvalue weighted by Gasteiger charge is 2.20. The number of nitrogens with zero attached hydrogens (tertiary/aromatic N) is 4. The van der Waals surface area contributed by atoms with Gasteiger partial charge < -0.3 is 13.9 Å². The molecule has 5 heteroatoms. The van der Waals surface area contributed by atoms with E-state index in [4.69, 9.17) is 14.7 Å². The van der Waals surface area contributed by atoms with Crippen LogP contribution in [-0.2, 0) is 0 Å². The van der Waals surface area contributed by atoms with Crippen LogP contribution in [0.1, 0.15) is 101 Å². The van der Waals surface area contributed by atoms with Crippen LogP contribution in [-0.4, -0.2) is 19.1 Å². The topological polar surface area (TPSA) is 44.9 Å². The van der Waals surface area contributed by atoms with Gasteiger partial charge in [-0.15, -0.1) is 0 Å². The second-order valence-electron chi connectivity index (χ2n) is 13.5. The second kappa shape index (κ2) is 13.4. The van der Waals surface area contributed by atoms with Gasteiger partial charge in [0.05, 0.1) is 34.2 Å². The van der Waals surface area contributed by atoms with Gasteiger partial charge in [0.2, 0.25) is 11.8 Å². The molecule has 0 spiro atoms. The van der Waals surface area contributed by atoms with Crippen LogP contribution in [0, 0.1) is 0 Å². The van der Waals surface area contributed by atoms with Crippen molar-refractivity contribution in [2.24, 2.45) is 0 Å². The van der Waals surface area contributed by atoms with E-state index in [1.807, 2.05) is 36.4 Å². The third-order valence-electron chi connectivity index (χ3n) is 8.85. The molecule has 0 radical (unpaired) electrons. The lowest BCUT2D eigenvalue weighted by atomic mass is 9.92. The fraction of sp³-hybridized carbons (Fsp3) is 0.286. The molecule has 0 fully saturated rings. The number of ether oxygens (including phenoxy) is 1. The van der Waals surface area contributed by atoms with Crippen LogP contribution in [0.25, 0.3) is 34.2 Å². The van der Waals surface area contributed by atoms with Crippen LogP contribution >= 0.6 is 0 Å². The van der Waals surface area contributed by atoms with E-state index in [0.29, 0.717) is 35.4 Å². The number of benzene rings is 2. The van der Waals surface area contributed by atoms with Crippen molar-refractivity contribution in [1.82, 2.24) is 19.1 Å². The third-order valence-corrected chi connectivity index (χ3v) is 8.85. The minimum Gasteiger partial charge on any atom is -0.421 e. The Morgan fingerprint density at radius 1 is 0.426 bits per heavy atom. The molecule has 2 aromatic carbocycles. The Morgan fingerprint density at radius 3 is 1.11 bits per heavy atom. The fourth-order valence-corrected chi connectivity index (χ4v) is 6.48. The molecule has 6 rings (SSSR count). The van der Waals surface area contributed by atoms with Crippen molar-refractivity contribution in [1.29, 1.82) is 0 Å². The summed E-state index contributed by atoms with van der Waals surface area (Å²) in [6.45, 7) is 18.0. The molecular weight excluding hydrogens is 576 g/mol. The van der Waals surface area contributed by atoms with E-state index in [2.05, 4.69) is 138 Å². The van der Waals surface area contributed by atoms with Crippen molar-refractivity contribution in [3.8, 4) is 45.9 Å². The molecular formula is C42H46N4O. The normalized spacial score (nSPS) is 11.7. The summed E-state index contributed by atoms with van der Waals surface area (Å²) in [5.74, 6) is 2.55. The van der Waals surface area contributed by atoms with Gasteiger partial charge >= 0.3 is 0 Å². The number of rotatable bonds is 10. The summed E-state index contributed by atoms with van der Waals surface area (Å²) in [4.78, 5) is 9.95. The first-order valence-corrected chi connectivity index (χ1v) is 16.9. The van der Waals surface area contributed by atoms with Crippen molar-refractivity contribution in [2.45, 2.75) is 79.1 Å². The molecule has 0 bridgehead atoms. The molecule has 0 saturated heterocycles. The van der Waals surface area contributed by atoms with E-state index >= 15 is 0 Å². The Hall–Kier alpha value is -4.90. The largest absolute Gasteiger partial charge is 0.421 e. The van der Waals surface area contributed by atoms with Gasteiger partial charge in [0.15, 0.2) is 0 Å². The van der Waals surface area contributed by atoms with Crippen molar-refractivity contribution in [3.05, 3.63) is 132 Å². The van der Waals surface area contributed by atoms with Gasteiger partial charge in [-0.1, -0.05) is 104 Å². The quantitative estimate of drug-likeness (QED) is 0.153. The van der Waals surface area contributed by atoms with Gasteiger partial charge in [0.1, 0.15) is 0 Å². The predicted molar refractivity (Wildman–Crippen MR) is 194 cm³/mol. The predicted octanol–water partition coefficient (Wildman–Crippen LogP) is 11.7. The molecule has 0 unspecified atom stereocenters. The van der Waals surface area contributed by atoms with Crippen molar-refractivity contribution in [3.63, 3.8) is 0 Å². The summed E-state index contributed by atoms with van der Waals surface area (Å²) in [7, 11) is 0. The van der Waals surface area contributed by atoms with Crippen LogP contribution in [0.5, 0.6) is 11.8 Å². The summed E-state index contributed by atoms with van der Waals surface area (Å²) in [6, 6.07) is 33.6. The minimum absolute atomic E-state index is 0.386. The monoisotopic (exact) mass is 622 g/mol. The Kier molecular flexibility index (Phi) is 9.17. The maximum absolute atomic E-state index is 6.35. The van der Waals surface area contributed by atoms with Gasteiger partial charge in [-0.05, 0) is 82.3 Å². The van der Waals surface area contributed by atoms with Crippen LogP contribution in [0.3, 0.4) is 0 Å². The third kappa shape index (κ3) is 6.40. The van der Waals surface area contributed by atoms with Crippen molar-refractivity contribution in [2.75, 3.05) is 0 Å². The Morgan fingerprint density at radius 2 is 0.766 bits per heavy atom. The van der Waals surface area contributed by atoms with Gasteiger partial charge in [0, 0.05) is 24.5 Å². The molecule has 47 heavy (non-hydrogen) atoms. The molecule has 0 aliphatic heterocycles. The van der Waals surface area contributed by atoms with Gasteiger partial charge in [-0.2, -0.15) is 0 Å². The van der Waals surface area contributed by atoms with E-state index in [9.17, 15) is 0 Å². The van der Waals surface area contributed by atoms with Crippen LogP contribution in [0.4, 0.5) is 0 Å². The summed E-state index contributed by atoms with van der Waals surface area (Å²) < 4.78 is 10.9. The highest BCUT2D eigenvalue weighted by atomic mass is 16.5. The van der Waals surface area contributed by atoms with E-state index in [0.717, 1.165) is 22.8 Å². The number of hydrogen-bond acceptors (Lipinski definition) is 3. The first-order valence-electron chi connectivity index (χ1n) is 16.9. The maximum atomic E-state index is 6.35. The van der Waals surface area contributed by atoms with Gasteiger partial charge in [-0.3, -0.25) is 0 Å². The lowest BCUT2D eigenvalue weighted by Gasteiger charge is -2.22. The summed E-state index contributed by atoms with van der Waals surface area (Å²) in [5, 5.41) is 0. The molecule has 0 aliphatic rings. The average Bonchev–Trinajstić information content (AvgIpc) is 3.75. The zero-order chi connectivity index (χ0) is 33.2. The Balaban J connectivity index is 1.35. The van der Waals surface area contributed by atoms with Gasteiger partial charge in [-0.25, -0.2) is 9.97 Å². The van der Waals surface area contributed by atoms with E-state index in [-0.39, 0.29) is 0 Å². The smallest absolute Gasteiger partial charge is 0.221 e. The molecule has 4 heterocycles. The highest BCUT2D eigenvalue weighted by Crippen LogP contribution is 2.36.